The molecule has 1 aromatic heterocycles. The second-order valence-corrected chi connectivity index (χ2v) is 9.48. The Morgan fingerprint density at radius 2 is 1.94 bits per heavy atom. The Hall–Kier alpha value is -3.82. The number of amides is 1. The van der Waals surface area contributed by atoms with Crippen LogP contribution < -0.4 is 19.5 Å². The Labute approximate surface area is 209 Å². The number of rotatable bonds is 8. The first kappa shape index (κ1) is 25.3. The van der Waals surface area contributed by atoms with Gasteiger partial charge in [0, 0.05) is 17.5 Å². The fourth-order valence-electron chi connectivity index (χ4n) is 3.62. The lowest BCUT2D eigenvalue weighted by atomic mass is 10.1. The molecule has 3 aromatic rings. The molecule has 0 saturated carbocycles. The number of halogens is 1. The van der Waals surface area contributed by atoms with Crippen molar-refractivity contribution < 1.29 is 28.1 Å². The number of aromatic nitrogens is 2. The topological polar surface area (TPSA) is 95.0 Å². The lowest BCUT2D eigenvalue weighted by molar-refractivity contribution is -0.0225. The van der Waals surface area contributed by atoms with E-state index in [4.69, 9.17) is 18.9 Å². The minimum absolute atomic E-state index is 0.224. The number of carbonyl (C=O) groups is 1. The monoisotopic (exact) mass is 498 g/mol. The second-order valence-electron chi connectivity index (χ2n) is 9.48. The Bertz CT molecular complexity index is 1240. The Morgan fingerprint density at radius 1 is 1.17 bits per heavy atom. The van der Waals surface area contributed by atoms with Gasteiger partial charge in [-0.1, -0.05) is 6.92 Å². The SMILES string of the molecule is CCCOc1ccc(Nc2ncnc3cc(OC)c(OC4CN(C(=O)OC(C)(C)C)C4)cc23)c(F)c1. The van der Waals surface area contributed by atoms with Crippen molar-refractivity contribution in [2.24, 2.45) is 0 Å². The van der Waals surface area contributed by atoms with Gasteiger partial charge in [0.2, 0.25) is 0 Å². The van der Waals surface area contributed by atoms with E-state index in [-0.39, 0.29) is 17.9 Å². The fraction of sp³-hybridized carbons (Fsp3) is 0.423. The summed E-state index contributed by atoms with van der Waals surface area (Å²) in [6.07, 6.45) is 1.63. The molecule has 1 aliphatic rings. The van der Waals surface area contributed by atoms with E-state index in [0.29, 0.717) is 53.7 Å². The molecule has 192 valence electrons. The van der Waals surface area contributed by atoms with Crippen LogP contribution in [0.5, 0.6) is 17.2 Å². The van der Waals surface area contributed by atoms with Gasteiger partial charge in [0.25, 0.3) is 0 Å². The average Bonchev–Trinajstić information content (AvgIpc) is 2.79. The molecule has 9 nitrogen and oxygen atoms in total. The first-order valence-electron chi connectivity index (χ1n) is 11.8. The highest BCUT2D eigenvalue weighted by Gasteiger charge is 2.35. The minimum Gasteiger partial charge on any atom is -0.493 e. The number of hydrogen-bond donors (Lipinski definition) is 1. The summed E-state index contributed by atoms with van der Waals surface area (Å²) in [7, 11) is 1.54. The highest BCUT2D eigenvalue weighted by molar-refractivity contribution is 5.93. The minimum atomic E-state index is -0.559. The summed E-state index contributed by atoms with van der Waals surface area (Å²) in [5.74, 6) is 1.38. The number of carbonyl (C=O) groups excluding carboxylic acids is 1. The first-order valence-corrected chi connectivity index (χ1v) is 11.8. The number of hydrogen-bond acceptors (Lipinski definition) is 8. The largest absolute Gasteiger partial charge is 0.493 e. The highest BCUT2D eigenvalue weighted by atomic mass is 19.1. The van der Waals surface area contributed by atoms with Crippen LogP contribution in [0, 0.1) is 5.82 Å². The number of nitrogens with zero attached hydrogens (tertiary/aromatic N) is 3. The molecule has 1 saturated heterocycles. The van der Waals surface area contributed by atoms with Crippen LogP contribution in [-0.4, -0.2) is 59.5 Å². The molecule has 2 heterocycles. The summed E-state index contributed by atoms with van der Waals surface area (Å²) in [5.41, 5.74) is 0.296. The van der Waals surface area contributed by atoms with Crippen molar-refractivity contribution in [1.29, 1.82) is 0 Å². The molecule has 1 N–H and O–H groups in total. The molecule has 36 heavy (non-hydrogen) atoms. The number of anilines is 2. The van der Waals surface area contributed by atoms with Crippen LogP contribution in [0.4, 0.5) is 20.7 Å². The lowest BCUT2D eigenvalue weighted by Crippen LogP contribution is -2.57. The maximum Gasteiger partial charge on any atom is 0.410 e. The number of fused-ring (bicyclic) bond motifs is 1. The molecule has 0 aliphatic carbocycles. The number of nitrogens with one attached hydrogen (secondary N) is 1. The highest BCUT2D eigenvalue weighted by Crippen LogP contribution is 2.36. The average molecular weight is 499 g/mol. The Kier molecular flexibility index (Phi) is 7.32. The third kappa shape index (κ3) is 5.87. The molecule has 0 atom stereocenters. The maximum absolute atomic E-state index is 14.7. The third-order valence-electron chi connectivity index (χ3n) is 5.38. The van der Waals surface area contributed by atoms with Crippen molar-refractivity contribution in [1.82, 2.24) is 14.9 Å². The van der Waals surface area contributed by atoms with E-state index in [1.165, 1.54) is 12.4 Å². The predicted molar refractivity (Wildman–Crippen MR) is 134 cm³/mol. The number of ether oxygens (including phenoxy) is 4. The van der Waals surface area contributed by atoms with Crippen molar-refractivity contribution in [3.8, 4) is 17.2 Å². The third-order valence-corrected chi connectivity index (χ3v) is 5.38. The van der Waals surface area contributed by atoms with E-state index in [1.807, 2.05) is 27.7 Å². The molecule has 1 aliphatic heterocycles. The van der Waals surface area contributed by atoms with E-state index in [1.54, 1.807) is 36.3 Å². The second kappa shape index (κ2) is 10.4. The molecule has 4 rings (SSSR count). The van der Waals surface area contributed by atoms with Gasteiger partial charge in [-0.25, -0.2) is 19.2 Å². The van der Waals surface area contributed by atoms with Gasteiger partial charge in [-0.3, -0.25) is 0 Å². The van der Waals surface area contributed by atoms with Crippen LogP contribution >= 0.6 is 0 Å². The zero-order chi connectivity index (χ0) is 25.9. The Balaban J connectivity index is 1.52. The number of benzene rings is 2. The van der Waals surface area contributed by atoms with Gasteiger partial charge in [0.15, 0.2) is 11.5 Å². The van der Waals surface area contributed by atoms with Gasteiger partial charge in [-0.15, -0.1) is 0 Å². The van der Waals surface area contributed by atoms with Crippen molar-refractivity contribution in [3.05, 3.63) is 42.5 Å². The van der Waals surface area contributed by atoms with E-state index in [0.717, 1.165) is 6.42 Å². The van der Waals surface area contributed by atoms with Crippen LogP contribution in [0.2, 0.25) is 0 Å². The molecule has 0 unspecified atom stereocenters. The van der Waals surface area contributed by atoms with Gasteiger partial charge in [-0.05, 0) is 45.4 Å². The van der Waals surface area contributed by atoms with Crippen molar-refractivity contribution in [2.75, 3.05) is 32.1 Å². The van der Waals surface area contributed by atoms with Crippen molar-refractivity contribution >= 4 is 28.5 Å². The van der Waals surface area contributed by atoms with Gasteiger partial charge < -0.3 is 29.2 Å². The van der Waals surface area contributed by atoms with Crippen molar-refractivity contribution in [3.63, 3.8) is 0 Å². The summed E-state index contributed by atoms with van der Waals surface area (Å²) in [6, 6.07) is 8.14. The van der Waals surface area contributed by atoms with Crippen LogP contribution in [-0.2, 0) is 4.74 Å². The lowest BCUT2D eigenvalue weighted by Gasteiger charge is -2.39. The van der Waals surface area contributed by atoms with Crippen LogP contribution in [0.1, 0.15) is 34.1 Å². The zero-order valence-corrected chi connectivity index (χ0v) is 21.1. The Morgan fingerprint density at radius 3 is 2.61 bits per heavy atom. The first-order chi connectivity index (χ1) is 17.2. The quantitative estimate of drug-likeness (QED) is 0.447. The van der Waals surface area contributed by atoms with Gasteiger partial charge in [-0.2, -0.15) is 0 Å². The molecule has 0 radical (unpaired) electrons. The summed E-state index contributed by atoms with van der Waals surface area (Å²) in [6.45, 7) is 8.77. The van der Waals surface area contributed by atoms with Crippen LogP contribution in [0.25, 0.3) is 10.9 Å². The summed E-state index contributed by atoms with van der Waals surface area (Å²) in [4.78, 5) is 22.4. The molecular weight excluding hydrogens is 467 g/mol. The molecule has 1 amide bonds. The van der Waals surface area contributed by atoms with Gasteiger partial charge in [0.05, 0.1) is 38.0 Å². The number of likely N-dealkylation sites (tertiary alicyclic amines) is 1. The summed E-state index contributed by atoms with van der Waals surface area (Å²) < 4.78 is 37.2. The molecule has 0 spiro atoms. The maximum atomic E-state index is 14.7. The summed E-state index contributed by atoms with van der Waals surface area (Å²) in [5, 5.41) is 3.67. The molecule has 0 bridgehead atoms. The normalized spacial score (nSPS) is 13.8. The molecule has 10 heteroatoms. The zero-order valence-electron chi connectivity index (χ0n) is 21.1. The summed E-state index contributed by atoms with van der Waals surface area (Å²) >= 11 is 0. The smallest absolute Gasteiger partial charge is 0.410 e. The van der Waals surface area contributed by atoms with E-state index in [2.05, 4.69) is 15.3 Å². The van der Waals surface area contributed by atoms with Crippen molar-refractivity contribution in [2.45, 2.75) is 45.8 Å². The van der Waals surface area contributed by atoms with Crippen LogP contribution in [0.15, 0.2) is 36.7 Å². The molecule has 2 aromatic carbocycles. The fourth-order valence-corrected chi connectivity index (χ4v) is 3.62. The number of methoxy groups -OCH3 is 1. The predicted octanol–water partition coefficient (Wildman–Crippen LogP) is 5.31. The van der Waals surface area contributed by atoms with Gasteiger partial charge in [0.1, 0.15) is 35.4 Å². The molecular formula is C26H31FN4O5. The van der Waals surface area contributed by atoms with E-state index >= 15 is 0 Å². The van der Waals surface area contributed by atoms with E-state index < -0.39 is 11.4 Å². The molecule has 1 fully saturated rings. The van der Waals surface area contributed by atoms with Gasteiger partial charge >= 0.3 is 6.09 Å². The van der Waals surface area contributed by atoms with Crippen LogP contribution in [0.3, 0.4) is 0 Å². The van der Waals surface area contributed by atoms with E-state index in [9.17, 15) is 9.18 Å². The standard InChI is InChI=1S/C26H31FN4O5/c1-6-9-34-16-7-8-20(19(27)10-16)30-24-18-11-23(22(33-5)12-21(18)28-15-29-24)35-17-13-31(14-17)25(32)36-26(2,3)4/h7-8,10-12,15,17H,6,9,13-14H2,1-5H3,(H,28,29,30).